The molecule has 0 fully saturated rings. The maximum atomic E-state index is 5.82. The Bertz CT molecular complexity index is 217. The predicted molar refractivity (Wildman–Crippen MR) is 74.2 cm³/mol. The molecular weight excluding hydrogens is 221 g/mol. The van der Waals surface area contributed by atoms with Crippen LogP contribution in [0.5, 0.6) is 0 Å². The fourth-order valence-corrected chi connectivity index (χ4v) is 2.18. The summed E-state index contributed by atoms with van der Waals surface area (Å²) >= 11 is 0. The van der Waals surface area contributed by atoms with E-state index in [4.69, 9.17) is 9.05 Å². The van der Waals surface area contributed by atoms with E-state index >= 15 is 0 Å². The molecular formula is C12H28NO2P. The summed E-state index contributed by atoms with van der Waals surface area (Å²) in [6, 6.07) is 0. The topological polar surface area (TPSA) is 21.7 Å². The van der Waals surface area contributed by atoms with Crippen LogP contribution in [-0.4, -0.2) is 44.8 Å². The average molecular weight is 249 g/mol. The lowest BCUT2D eigenvalue weighted by atomic mass is 10.1. The first kappa shape index (κ1) is 16.2. The van der Waals surface area contributed by atoms with Crippen LogP contribution in [0.3, 0.4) is 0 Å². The smallest absolute Gasteiger partial charge is 0.116 e. The van der Waals surface area contributed by atoms with E-state index in [1.807, 2.05) is 13.7 Å². The normalized spacial score (nSPS) is 15.7. The summed E-state index contributed by atoms with van der Waals surface area (Å²) in [7, 11) is 0.147. The number of nitrogens with zero attached hydrogens (tertiary/aromatic N) is 1. The molecule has 0 aliphatic heterocycles. The zero-order valence-electron chi connectivity index (χ0n) is 11.5. The van der Waals surface area contributed by atoms with Gasteiger partial charge in [-0.1, -0.05) is 39.9 Å². The molecule has 0 aromatic heterocycles. The molecule has 0 rings (SSSR count). The first-order valence-electron chi connectivity index (χ1n) is 6.13. The highest BCUT2D eigenvalue weighted by molar-refractivity contribution is 7.63. The molecule has 3 nitrogen and oxygen atoms in total. The van der Waals surface area contributed by atoms with Gasteiger partial charge >= 0.3 is 0 Å². The third-order valence-electron chi connectivity index (χ3n) is 2.83. The van der Waals surface area contributed by atoms with Crippen molar-refractivity contribution in [3.8, 4) is 0 Å². The first-order valence-corrected chi connectivity index (χ1v) is 8.39. The Morgan fingerprint density at radius 3 is 2.19 bits per heavy atom. The second-order valence-corrected chi connectivity index (χ2v) is 6.97. The summed E-state index contributed by atoms with van der Waals surface area (Å²) in [5.74, 6) is 0.633. The predicted octanol–water partition coefficient (Wildman–Crippen LogP) is 3.27. The zero-order chi connectivity index (χ0) is 12.6. The molecule has 4 heteroatoms. The van der Waals surface area contributed by atoms with Crippen molar-refractivity contribution < 1.29 is 9.05 Å². The third-order valence-corrected chi connectivity index (χ3v) is 4.19. The van der Waals surface area contributed by atoms with E-state index in [1.165, 1.54) is 0 Å². The molecule has 0 aromatic carbocycles. The van der Waals surface area contributed by atoms with Crippen LogP contribution >= 0.6 is 7.34 Å². The summed E-state index contributed by atoms with van der Waals surface area (Å²) in [6.07, 6.45) is 6.37. The minimum absolute atomic E-state index is 0.604. The van der Waals surface area contributed by atoms with Crippen molar-refractivity contribution in [2.45, 2.75) is 33.6 Å². The molecule has 0 saturated heterocycles. The van der Waals surface area contributed by atoms with Crippen LogP contribution < -0.4 is 0 Å². The van der Waals surface area contributed by atoms with Crippen molar-refractivity contribution >= 4 is 13.6 Å². The van der Waals surface area contributed by atoms with Gasteiger partial charge in [-0.15, -0.1) is 0 Å². The second kappa shape index (κ2) is 8.30. The van der Waals surface area contributed by atoms with Gasteiger partial charge in [-0.25, -0.2) is 0 Å². The molecule has 0 bridgehead atoms. The van der Waals surface area contributed by atoms with Crippen LogP contribution in [0.1, 0.15) is 33.6 Å². The highest BCUT2D eigenvalue weighted by Crippen LogP contribution is 2.43. The first-order chi connectivity index (χ1) is 7.45. The summed E-state index contributed by atoms with van der Waals surface area (Å²) in [5, 5.41) is 0. The van der Waals surface area contributed by atoms with Crippen molar-refractivity contribution in [1.82, 2.24) is 4.90 Å². The largest absolute Gasteiger partial charge is 0.337 e. The average Bonchev–Trinajstić information content (AvgIpc) is 2.27. The third kappa shape index (κ3) is 7.45. The second-order valence-electron chi connectivity index (χ2n) is 4.42. The lowest BCUT2D eigenvalue weighted by Crippen LogP contribution is -2.21. The lowest BCUT2D eigenvalue weighted by molar-refractivity contribution is 0.138. The Morgan fingerprint density at radius 1 is 1.19 bits per heavy atom. The van der Waals surface area contributed by atoms with E-state index < -0.39 is 7.34 Å². The van der Waals surface area contributed by atoms with Crippen molar-refractivity contribution in [1.29, 1.82) is 0 Å². The van der Waals surface area contributed by atoms with E-state index in [0.717, 1.165) is 26.0 Å². The minimum Gasteiger partial charge on any atom is -0.337 e. The molecule has 1 unspecified atom stereocenters. The van der Waals surface area contributed by atoms with E-state index in [0.29, 0.717) is 12.6 Å². The molecule has 0 amide bonds. The molecule has 0 aliphatic rings. The van der Waals surface area contributed by atoms with Crippen LogP contribution in [0.25, 0.3) is 0 Å². The van der Waals surface area contributed by atoms with E-state index in [9.17, 15) is 0 Å². The highest BCUT2D eigenvalue weighted by atomic mass is 31.2. The zero-order valence-corrected chi connectivity index (χ0v) is 12.4. The Morgan fingerprint density at radius 2 is 1.75 bits per heavy atom. The van der Waals surface area contributed by atoms with Gasteiger partial charge in [-0.2, -0.15) is 0 Å². The Kier molecular flexibility index (Phi) is 8.39. The molecule has 0 N–H and O–H groups in total. The Balaban J connectivity index is 3.90. The van der Waals surface area contributed by atoms with Gasteiger partial charge in [0.2, 0.25) is 0 Å². The van der Waals surface area contributed by atoms with Crippen LogP contribution in [0.4, 0.5) is 0 Å². The molecule has 0 radical (unpaired) electrons. The summed E-state index contributed by atoms with van der Waals surface area (Å²) in [5.41, 5.74) is 0. The van der Waals surface area contributed by atoms with Crippen molar-refractivity contribution in [2.75, 3.05) is 33.6 Å². The van der Waals surface area contributed by atoms with Crippen molar-refractivity contribution in [3.05, 3.63) is 0 Å². The van der Waals surface area contributed by atoms with E-state index in [2.05, 4.69) is 32.0 Å². The van der Waals surface area contributed by atoms with Gasteiger partial charge in [0.25, 0.3) is 0 Å². The maximum absolute atomic E-state index is 5.82. The monoisotopic (exact) mass is 249 g/mol. The van der Waals surface area contributed by atoms with Gasteiger partial charge in [-0.05, 0) is 19.5 Å². The quantitative estimate of drug-likeness (QED) is 0.462. The fraction of sp³-hybridized carbons (Fsp3) is 0.917. The van der Waals surface area contributed by atoms with E-state index in [1.54, 1.807) is 0 Å². The van der Waals surface area contributed by atoms with Gasteiger partial charge in [0.05, 0.1) is 6.61 Å². The molecule has 1 atom stereocenters. The molecule has 16 heavy (non-hydrogen) atoms. The van der Waals surface area contributed by atoms with Gasteiger partial charge in [-0.3, -0.25) is 4.90 Å². The lowest BCUT2D eigenvalue weighted by Gasteiger charge is -2.25. The minimum atomic E-state index is -1.88. The number of hydrogen-bond donors (Lipinski definition) is 0. The van der Waals surface area contributed by atoms with Gasteiger partial charge in [0.15, 0.2) is 0 Å². The number of hydrogen-bond acceptors (Lipinski definition) is 3. The molecule has 0 aromatic rings. The molecule has 0 saturated carbocycles. The summed E-state index contributed by atoms with van der Waals surface area (Å²) in [4.78, 5) is 2.10. The van der Waals surface area contributed by atoms with Crippen LogP contribution in [0.15, 0.2) is 0 Å². The van der Waals surface area contributed by atoms with E-state index in [-0.39, 0.29) is 0 Å². The van der Waals surface area contributed by atoms with Crippen molar-refractivity contribution in [2.24, 2.45) is 5.92 Å². The fourth-order valence-electron chi connectivity index (χ4n) is 1.14. The van der Waals surface area contributed by atoms with Crippen LogP contribution in [0.2, 0.25) is 0 Å². The van der Waals surface area contributed by atoms with Crippen LogP contribution in [0, 0.1) is 5.92 Å². The van der Waals surface area contributed by atoms with Crippen molar-refractivity contribution in [3.63, 3.8) is 0 Å². The highest BCUT2D eigenvalue weighted by Gasteiger charge is 2.12. The number of rotatable bonds is 9. The Hall–Kier alpha value is 0.180. The van der Waals surface area contributed by atoms with Gasteiger partial charge in [0, 0.05) is 6.66 Å². The summed E-state index contributed by atoms with van der Waals surface area (Å²) < 4.78 is 11.5. The standard InChI is InChI=1S/C12H28NO2P/c1-7-12(8-2)10-14-16(5,6)15-11-13(4)9-3/h12H,5,7-11H2,1-4,6H3. The summed E-state index contributed by atoms with van der Waals surface area (Å²) in [6.45, 7) is 10.8. The SMILES string of the molecule is C=P(C)(OCC(CC)CC)OCN(C)CC. The van der Waals surface area contributed by atoms with Gasteiger partial charge in [0.1, 0.15) is 14.1 Å². The maximum Gasteiger partial charge on any atom is 0.116 e. The van der Waals surface area contributed by atoms with Gasteiger partial charge < -0.3 is 9.05 Å². The molecule has 98 valence electrons. The van der Waals surface area contributed by atoms with Crippen LogP contribution in [-0.2, 0) is 9.05 Å². The molecule has 0 spiro atoms. The Labute approximate surface area is 101 Å². The molecule has 0 aliphatic carbocycles. The molecule has 0 heterocycles.